The maximum Gasteiger partial charge on any atom is 0.250 e. The van der Waals surface area contributed by atoms with Gasteiger partial charge in [-0.15, -0.1) is 0 Å². The molecule has 0 bridgehead atoms. The number of primary amides is 1. The number of aromatic amines is 1. The SMILES string of the molecule is NC(=O)c1cc(CCC(=O)N2CCC(C3CCNCC3)CC2)cc2cc[nH]c12. The van der Waals surface area contributed by atoms with E-state index in [1.807, 2.05) is 23.1 Å². The van der Waals surface area contributed by atoms with Crippen molar-refractivity contribution in [2.24, 2.45) is 17.6 Å². The Balaban J connectivity index is 1.32. The van der Waals surface area contributed by atoms with Gasteiger partial charge in [0.25, 0.3) is 5.91 Å². The molecule has 0 radical (unpaired) electrons. The molecule has 2 aromatic rings. The number of aromatic nitrogens is 1. The van der Waals surface area contributed by atoms with Crippen molar-refractivity contribution >= 4 is 22.7 Å². The van der Waals surface area contributed by atoms with Gasteiger partial charge in [0.15, 0.2) is 0 Å². The monoisotopic (exact) mass is 382 g/mol. The molecule has 28 heavy (non-hydrogen) atoms. The number of rotatable bonds is 5. The highest BCUT2D eigenvalue weighted by Gasteiger charge is 2.29. The fraction of sp³-hybridized carbons (Fsp3) is 0.545. The smallest absolute Gasteiger partial charge is 0.250 e. The second kappa shape index (κ2) is 8.35. The number of hydrogen-bond donors (Lipinski definition) is 3. The number of nitrogens with two attached hydrogens (primary N) is 1. The van der Waals surface area contributed by atoms with Gasteiger partial charge < -0.3 is 20.9 Å². The molecule has 2 fully saturated rings. The number of likely N-dealkylation sites (tertiary alicyclic amines) is 1. The number of carbonyl (C=O) groups excluding carboxylic acids is 2. The number of benzene rings is 1. The van der Waals surface area contributed by atoms with E-state index in [-0.39, 0.29) is 5.91 Å². The zero-order valence-electron chi connectivity index (χ0n) is 16.4. The average molecular weight is 383 g/mol. The molecule has 1 aromatic heterocycles. The van der Waals surface area contributed by atoms with E-state index in [1.165, 1.54) is 12.8 Å². The van der Waals surface area contributed by atoms with E-state index >= 15 is 0 Å². The Labute approximate surface area is 165 Å². The van der Waals surface area contributed by atoms with Crippen molar-refractivity contribution in [2.45, 2.75) is 38.5 Å². The zero-order valence-corrected chi connectivity index (χ0v) is 16.4. The van der Waals surface area contributed by atoms with Crippen LogP contribution < -0.4 is 11.1 Å². The minimum Gasteiger partial charge on any atom is -0.366 e. The van der Waals surface area contributed by atoms with Crippen LogP contribution in [0.1, 0.15) is 48.0 Å². The summed E-state index contributed by atoms with van der Waals surface area (Å²) in [6, 6.07) is 5.78. The van der Waals surface area contributed by atoms with Crippen molar-refractivity contribution in [3.8, 4) is 0 Å². The van der Waals surface area contributed by atoms with Crippen LogP contribution in [-0.2, 0) is 11.2 Å². The molecule has 2 aliphatic heterocycles. The average Bonchev–Trinajstić information content (AvgIpc) is 3.20. The number of fused-ring (bicyclic) bond motifs is 1. The standard InChI is InChI=1S/C22H30N4O2/c23-22(28)19-14-15(13-18-5-10-25-21(18)19)1-2-20(27)26-11-6-17(7-12-26)16-3-8-24-9-4-16/h5,10,13-14,16-17,24-25H,1-4,6-9,11-12H2,(H2,23,28). The fourth-order valence-corrected chi connectivity index (χ4v) is 4.92. The highest BCUT2D eigenvalue weighted by atomic mass is 16.2. The van der Waals surface area contributed by atoms with Crippen LogP contribution in [0.15, 0.2) is 24.4 Å². The van der Waals surface area contributed by atoms with Crippen molar-refractivity contribution in [3.05, 3.63) is 35.5 Å². The molecule has 6 heteroatoms. The van der Waals surface area contributed by atoms with Crippen LogP contribution in [0.3, 0.4) is 0 Å². The third-order valence-corrected chi connectivity index (χ3v) is 6.56. The van der Waals surface area contributed by atoms with E-state index in [1.54, 1.807) is 6.20 Å². The van der Waals surface area contributed by atoms with Crippen LogP contribution in [-0.4, -0.2) is 47.9 Å². The van der Waals surface area contributed by atoms with Gasteiger partial charge in [0, 0.05) is 31.1 Å². The molecule has 6 nitrogen and oxygen atoms in total. The first-order valence-corrected chi connectivity index (χ1v) is 10.5. The second-order valence-corrected chi connectivity index (χ2v) is 8.26. The Bertz CT molecular complexity index is 845. The molecule has 4 N–H and O–H groups in total. The Morgan fingerprint density at radius 3 is 2.50 bits per heavy atom. The van der Waals surface area contributed by atoms with Gasteiger partial charge in [-0.1, -0.05) is 0 Å². The lowest BCUT2D eigenvalue weighted by Crippen LogP contribution is -2.42. The van der Waals surface area contributed by atoms with Crippen molar-refractivity contribution in [3.63, 3.8) is 0 Å². The number of amides is 2. The van der Waals surface area contributed by atoms with Gasteiger partial charge >= 0.3 is 0 Å². The van der Waals surface area contributed by atoms with E-state index in [4.69, 9.17) is 5.73 Å². The van der Waals surface area contributed by atoms with Crippen LogP contribution in [0, 0.1) is 11.8 Å². The number of H-pyrrole nitrogens is 1. The number of aryl methyl sites for hydroxylation is 1. The van der Waals surface area contributed by atoms with Crippen LogP contribution in [0.2, 0.25) is 0 Å². The Hall–Kier alpha value is -2.34. The highest BCUT2D eigenvalue weighted by molar-refractivity contribution is 6.05. The Kier molecular flexibility index (Phi) is 5.67. The molecule has 0 saturated carbocycles. The molecular formula is C22H30N4O2. The fourth-order valence-electron chi connectivity index (χ4n) is 4.92. The number of nitrogens with zero attached hydrogens (tertiary/aromatic N) is 1. The summed E-state index contributed by atoms with van der Waals surface area (Å²) in [7, 11) is 0. The summed E-state index contributed by atoms with van der Waals surface area (Å²) in [5, 5.41) is 4.40. The van der Waals surface area contributed by atoms with E-state index in [0.717, 1.165) is 67.3 Å². The first kappa shape index (κ1) is 19.0. The molecule has 0 aliphatic carbocycles. The first-order chi connectivity index (χ1) is 13.6. The summed E-state index contributed by atoms with van der Waals surface area (Å²) in [5.41, 5.74) is 7.76. The second-order valence-electron chi connectivity index (χ2n) is 8.26. The quantitative estimate of drug-likeness (QED) is 0.742. The van der Waals surface area contributed by atoms with Gasteiger partial charge in [0.1, 0.15) is 0 Å². The predicted octanol–water partition coefficient (Wildman–Crippen LogP) is 2.44. The van der Waals surface area contributed by atoms with Gasteiger partial charge in [0.2, 0.25) is 5.91 Å². The van der Waals surface area contributed by atoms with Crippen LogP contribution >= 0.6 is 0 Å². The molecule has 0 spiro atoms. The number of hydrogen-bond acceptors (Lipinski definition) is 3. The predicted molar refractivity (Wildman–Crippen MR) is 110 cm³/mol. The molecule has 150 valence electrons. The molecule has 3 heterocycles. The van der Waals surface area contributed by atoms with Gasteiger partial charge in [-0.25, -0.2) is 0 Å². The Morgan fingerprint density at radius 2 is 1.79 bits per heavy atom. The molecule has 1 aromatic carbocycles. The van der Waals surface area contributed by atoms with Gasteiger partial charge in [-0.05, 0) is 80.8 Å². The minimum absolute atomic E-state index is 0.221. The van der Waals surface area contributed by atoms with Crippen molar-refractivity contribution in [1.29, 1.82) is 0 Å². The van der Waals surface area contributed by atoms with Crippen molar-refractivity contribution < 1.29 is 9.59 Å². The highest BCUT2D eigenvalue weighted by Crippen LogP contribution is 2.31. The minimum atomic E-state index is -0.444. The van der Waals surface area contributed by atoms with Gasteiger partial charge in [-0.3, -0.25) is 9.59 Å². The lowest BCUT2D eigenvalue weighted by molar-refractivity contribution is -0.132. The van der Waals surface area contributed by atoms with Gasteiger partial charge in [0.05, 0.1) is 11.1 Å². The summed E-state index contributed by atoms with van der Waals surface area (Å²) in [4.78, 5) is 29.5. The van der Waals surface area contributed by atoms with Crippen LogP contribution in [0.5, 0.6) is 0 Å². The first-order valence-electron chi connectivity index (χ1n) is 10.5. The maximum atomic E-state index is 12.7. The number of piperidine rings is 2. The van der Waals surface area contributed by atoms with Crippen molar-refractivity contribution in [2.75, 3.05) is 26.2 Å². The van der Waals surface area contributed by atoms with Crippen molar-refractivity contribution in [1.82, 2.24) is 15.2 Å². The lowest BCUT2D eigenvalue weighted by atomic mass is 9.79. The van der Waals surface area contributed by atoms with E-state index in [0.29, 0.717) is 18.4 Å². The van der Waals surface area contributed by atoms with Gasteiger partial charge in [-0.2, -0.15) is 0 Å². The zero-order chi connectivity index (χ0) is 19.5. The summed E-state index contributed by atoms with van der Waals surface area (Å²) < 4.78 is 0. The molecule has 2 aliphatic rings. The largest absolute Gasteiger partial charge is 0.366 e. The van der Waals surface area contributed by atoms with E-state index in [2.05, 4.69) is 10.3 Å². The molecule has 4 rings (SSSR count). The topological polar surface area (TPSA) is 91.2 Å². The number of carbonyl (C=O) groups is 2. The summed E-state index contributed by atoms with van der Waals surface area (Å²) in [6.45, 7) is 4.05. The van der Waals surface area contributed by atoms with E-state index in [9.17, 15) is 9.59 Å². The van der Waals surface area contributed by atoms with Crippen LogP contribution in [0.25, 0.3) is 10.9 Å². The molecule has 0 atom stereocenters. The van der Waals surface area contributed by atoms with E-state index < -0.39 is 5.91 Å². The lowest BCUT2D eigenvalue weighted by Gasteiger charge is -2.37. The molecule has 0 unspecified atom stereocenters. The van der Waals surface area contributed by atoms with Crippen LogP contribution in [0.4, 0.5) is 0 Å². The third kappa shape index (κ3) is 4.07. The molecular weight excluding hydrogens is 352 g/mol. The summed E-state index contributed by atoms with van der Waals surface area (Å²) >= 11 is 0. The maximum absolute atomic E-state index is 12.7. The molecule has 2 saturated heterocycles. The summed E-state index contributed by atoms with van der Waals surface area (Å²) in [5.74, 6) is 1.39. The molecule has 2 amide bonds. The third-order valence-electron chi connectivity index (χ3n) is 6.56. The normalized spacial score (nSPS) is 19.2. The Morgan fingerprint density at radius 1 is 1.07 bits per heavy atom. The number of nitrogens with one attached hydrogen (secondary N) is 2. The summed E-state index contributed by atoms with van der Waals surface area (Å²) in [6.07, 6.45) is 7.75.